The van der Waals surface area contributed by atoms with Crippen molar-refractivity contribution >= 4 is 11.6 Å². The standard InChI is InChI=1S/C13H20ClNO2/c1-3-16-8-5-9-17-13-7-4-6-12(14)11(13)10-15-2/h4,6-7,15H,3,5,8-10H2,1-2H3. The highest BCUT2D eigenvalue weighted by Gasteiger charge is 2.06. The summed E-state index contributed by atoms with van der Waals surface area (Å²) in [6.45, 7) is 4.83. The average molecular weight is 258 g/mol. The summed E-state index contributed by atoms with van der Waals surface area (Å²) < 4.78 is 11.0. The summed E-state index contributed by atoms with van der Waals surface area (Å²) in [4.78, 5) is 0. The van der Waals surface area contributed by atoms with Gasteiger partial charge in [0.15, 0.2) is 0 Å². The molecule has 0 heterocycles. The van der Waals surface area contributed by atoms with E-state index in [1.54, 1.807) is 0 Å². The summed E-state index contributed by atoms with van der Waals surface area (Å²) in [6.07, 6.45) is 0.888. The molecule has 4 heteroatoms. The van der Waals surface area contributed by atoms with E-state index in [-0.39, 0.29) is 0 Å². The normalized spacial score (nSPS) is 10.5. The maximum Gasteiger partial charge on any atom is 0.125 e. The fourth-order valence-electron chi connectivity index (χ4n) is 1.51. The largest absolute Gasteiger partial charge is 0.493 e. The Hall–Kier alpha value is -0.770. The zero-order chi connectivity index (χ0) is 12.5. The molecule has 1 aromatic carbocycles. The molecule has 0 saturated heterocycles. The van der Waals surface area contributed by atoms with Crippen LogP contribution in [0.25, 0.3) is 0 Å². The third-order valence-corrected chi connectivity index (χ3v) is 2.68. The van der Waals surface area contributed by atoms with Gasteiger partial charge in [0, 0.05) is 36.8 Å². The number of ether oxygens (including phenoxy) is 2. The lowest BCUT2D eigenvalue weighted by Crippen LogP contribution is -2.09. The van der Waals surface area contributed by atoms with Crippen LogP contribution in [0.3, 0.4) is 0 Å². The van der Waals surface area contributed by atoms with Crippen molar-refractivity contribution in [3.05, 3.63) is 28.8 Å². The molecular formula is C13H20ClNO2. The van der Waals surface area contributed by atoms with Crippen LogP contribution >= 0.6 is 11.6 Å². The van der Waals surface area contributed by atoms with Crippen LogP contribution in [0, 0.1) is 0 Å². The predicted molar refractivity (Wildman–Crippen MR) is 70.8 cm³/mol. The molecule has 0 aliphatic heterocycles. The van der Waals surface area contributed by atoms with E-state index in [0.29, 0.717) is 13.2 Å². The number of halogens is 1. The van der Waals surface area contributed by atoms with E-state index in [0.717, 1.165) is 36.0 Å². The highest BCUT2D eigenvalue weighted by atomic mass is 35.5. The summed E-state index contributed by atoms with van der Waals surface area (Å²) in [7, 11) is 1.89. The van der Waals surface area contributed by atoms with Gasteiger partial charge in [-0.1, -0.05) is 17.7 Å². The lowest BCUT2D eigenvalue weighted by Gasteiger charge is -2.12. The molecule has 0 saturated carbocycles. The topological polar surface area (TPSA) is 30.5 Å². The Morgan fingerprint density at radius 3 is 2.82 bits per heavy atom. The monoisotopic (exact) mass is 257 g/mol. The van der Waals surface area contributed by atoms with E-state index in [9.17, 15) is 0 Å². The molecule has 0 aliphatic rings. The molecule has 0 fully saturated rings. The third kappa shape index (κ3) is 4.94. The Balaban J connectivity index is 2.48. The van der Waals surface area contributed by atoms with Crippen molar-refractivity contribution in [3.8, 4) is 5.75 Å². The van der Waals surface area contributed by atoms with Gasteiger partial charge in [-0.3, -0.25) is 0 Å². The molecule has 0 aromatic heterocycles. The Bertz CT molecular complexity index is 331. The maximum absolute atomic E-state index is 6.13. The Kier molecular flexibility index (Phi) is 7.01. The van der Waals surface area contributed by atoms with E-state index in [1.165, 1.54) is 0 Å². The van der Waals surface area contributed by atoms with Crippen molar-refractivity contribution < 1.29 is 9.47 Å². The fraction of sp³-hybridized carbons (Fsp3) is 0.538. The molecule has 3 nitrogen and oxygen atoms in total. The molecule has 96 valence electrons. The van der Waals surface area contributed by atoms with Gasteiger partial charge in [0.2, 0.25) is 0 Å². The molecule has 1 N–H and O–H groups in total. The SMILES string of the molecule is CCOCCCOc1cccc(Cl)c1CNC. The second-order valence-electron chi connectivity index (χ2n) is 3.65. The van der Waals surface area contributed by atoms with Gasteiger partial charge >= 0.3 is 0 Å². The zero-order valence-electron chi connectivity index (χ0n) is 10.5. The van der Waals surface area contributed by atoms with Crippen molar-refractivity contribution in [2.45, 2.75) is 19.9 Å². The summed E-state index contributed by atoms with van der Waals surface area (Å²) >= 11 is 6.13. The Morgan fingerprint density at radius 1 is 1.29 bits per heavy atom. The van der Waals surface area contributed by atoms with E-state index >= 15 is 0 Å². The lowest BCUT2D eigenvalue weighted by atomic mass is 10.2. The van der Waals surface area contributed by atoms with E-state index in [2.05, 4.69) is 5.32 Å². The number of benzene rings is 1. The number of hydrogen-bond acceptors (Lipinski definition) is 3. The second-order valence-corrected chi connectivity index (χ2v) is 4.05. The summed E-state index contributed by atoms with van der Waals surface area (Å²) in [5.41, 5.74) is 1.01. The number of hydrogen-bond donors (Lipinski definition) is 1. The van der Waals surface area contributed by atoms with Crippen LogP contribution < -0.4 is 10.1 Å². The van der Waals surface area contributed by atoms with Crippen LogP contribution in [0.5, 0.6) is 5.75 Å². The molecule has 0 bridgehead atoms. The summed E-state index contributed by atoms with van der Waals surface area (Å²) in [5.74, 6) is 0.850. The van der Waals surface area contributed by atoms with Gasteiger partial charge < -0.3 is 14.8 Å². The molecule has 0 atom stereocenters. The van der Waals surface area contributed by atoms with Crippen molar-refractivity contribution in [2.24, 2.45) is 0 Å². The summed E-state index contributed by atoms with van der Waals surface area (Å²) in [5, 5.41) is 3.82. The van der Waals surface area contributed by atoms with Crippen LogP contribution in [0.15, 0.2) is 18.2 Å². The Labute approximate surface area is 108 Å². The van der Waals surface area contributed by atoms with Crippen molar-refractivity contribution in [1.29, 1.82) is 0 Å². The van der Waals surface area contributed by atoms with Crippen LogP contribution in [-0.4, -0.2) is 26.9 Å². The highest BCUT2D eigenvalue weighted by Crippen LogP contribution is 2.26. The van der Waals surface area contributed by atoms with Crippen molar-refractivity contribution in [2.75, 3.05) is 26.9 Å². The zero-order valence-corrected chi connectivity index (χ0v) is 11.2. The van der Waals surface area contributed by atoms with E-state index < -0.39 is 0 Å². The maximum atomic E-state index is 6.13. The van der Waals surface area contributed by atoms with Crippen molar-refractivity contribution in [3.63, 3.8) is 0 Å². The average Bonchev–Trinajstić information content (AvgIpc) is 2.33. The van der Waals surface area contributed by atoms with E-state index in [1.807, 2.05) is 32.2 Å². The second kappa shape index (κ2) is 8.34. The third-order valence-electron chi connectivity index (χ3n) is 2.32. The minimum absolute atomic E-state index is 0.650. The number of rotatable bonds is 8. The van der Waals surface area contributed by atoms with Gasteiger partial charge in [-0.15, -0.1) is 0 Å². The smallest absolute Gasteiger partial charge is 0.125 e. The minimum Gasteiger partial charge on any atom is -0.493 e. The highest BCUT2D eigenvalue weighted by molar-refractivity contribution is 6.31. The molecule has 0 amide bonds. The van der Waals surface area contributed by atoms with Gasteiger partial charge in [-0.2, -0.15) is 0 Å². The van der Waals surface area contributed by atoms with Gasteiger partial charge in [0.05, 0.1) is 6.61 Å². The first-order chi connectivity index (χ1) is 8.29. The van der Waals surface area contributed by atoms with Gasteiger partial charge in [-0.05, 0) is 26.1 Å². The summed E-state index contributed by atoms with van der Waals surface area (Å²) in [6, 6.07) is 5.72. The predicted octanol–water partition coefficient (Wildman–Crippen LogP) is 2.86. The molecule has 0 spiro atoms. The molecular weight excluding hydrogens is 238 g/mol. The molecule has 0 unspecified atom stereocenters. The quantitative estimate of drug-likeness (QED) is 0.727. The molecule has 1 aromatic rings. The van der Waals surface area contributed by atoms with Gasteiger partial charge in [0.25, 0.3) is 0 Å². The van der Waals surface area contributed by atoms with Gasteiger partial charge in [-0.25, -0.2) is 0 Å². The van der Waals surface area contributed by atoms with E-state index in [4.69, 9.17) is 21.1 Å². The van der Waals surface area contributed by atoms with Crippen molar-refractivity contribution in [1.82, 2.24) is 5.32 Å². The molecule has 1 rings (SSSR count). The molecule has 0 radical (unpaired) electrons. The fourth-order valence-corrected chi connectivity index (χ4v) is 1.74. The van der Waals surface area contributed by atoms with Crippen LogP contribution in [-0.2, 0) is 11.3 Å². The first-order valence-corrected chi connectivity index (χ1v) is 6.30. The lowest BCUT2D eigenvalue weighted by molar-refractivity contribution is 0.130. The molecule has 17 heavy (non-hydrogen) atoms. The minimum atomic E-state index is 0.650. The van der Waals surface area contributed by atoms with Gasteiger partial charge in [0.1, 0.15) is 5.75 Å². The number of nitrogens with one attached hydrogen (secondary N) is 1. The Morgan fingerprint density at radius 2 is 2.12 bits per heavy atom. The van der Waals surface area contributed by atoms with Crippen LogP contribution in [0.1, 0.15) is 18.9 Å². The molecule has 0 aliphatic carbocycles. The first kappa shape index (κ1) is 14.3. The first-order valence-electron chi connectivity index (χ1n) is 5.92. The van der Waals surface area contributed by atoms with Crippen LogP contribution in [0.4, 0.5) is 0 Å². The van der Waals surface area contributed by atoms with Crippen LogP contribution in [0.2, 0.25) is 5.02 Å².